The summed E-state index contributed by atoms with van der Waals surface area (Å²) in [6.07, 6.45) is -0.00352. The smallest absolute Gasteiger partial charge is 0.219 e. The van der Waals surface area contributed by atoms with Gasteiger partial charge >= 0.3 is 0 Å². The van der Waals surface area contributed by atoms with E-state index in [1.165, 1.54) is 0 Å². The number of primary amides is 1. The first-order valence-electron chi connectivity index (χ1n) is 4.13. The first kappa shape index (κ1) is 12.5. The molecule has 0 aliphatic carbocycles. The number of hydrogen-bond acceptors (Lipinski definition) is 3. The van der Waals surface area contributed by atoms with Crippen molar-refractivity contribution in [3.8, 4) is 5.75 Å². The molecule has 1 aromatic rings. The molecule has 0 aliphatic heterocycles. The molecule has 1 aromatic carbocycles. The fourth-order valence-corrected chi connectivity index (χ4v) is 2.45. The zero-order valence-electron chi connectivity index (χ0n) is 7.71. The van der Waals surface area contributed by atoms with Gasteiger partial charge in [-0.2, -0.15) is 0 Å². The Morgan fingerprint density at radius 1 is 1.47 bits per heavy atom. The molecule has 0 saturated carbocycles. The highest BCUT2D eigenvalue weighted by Crippen LogP contribution is 2.35. The molecule has 0 bridgehead atoms. The number of amides is 1. The molecule has 1 atom stereocenters. The van der Waals surface area contributed by atoms with Gasteiger partial charge in [0.05, 0.1) is 4.47 Å². The number of rotatable bonds is 3. The van der Waals surface area contributed by atoms with Gasteiger partial charge in [-0.25, -0.2) is 0 Å². The van der Waals surface area contributed by atoms with Crippen LogP contribution in [0.1, 0.15) is 18.0 Å². The van der Waals surface area contributed by atoms with Gasteiger partial charge in [-0.3, -0.25) is 4.79 Å². The van der Waals surface area contributed by atoms with Gasteiger partial charge in [-0.1, -0.05) is 15.9 Å². The molecule has 5 N–H and O–H groups in total. The maximum absolute atomic E-state index is 10.7. The Kier molecular flexibility index (Phi) is 4.12. The second-order valence-electron chi connectivity index (χ2n) is 3.10. The van der Waals surface area contributed by atoms with Crippen molar-refractivity contribution in [1.29, 1.82) is 0 Å². The van der Waals surface area contributed by atoms with E-state index in [1.807, 2.05) is 0 Å². The Morgan fingerprint density at radius 3 is 2.60 bits per heavy atom. The predicted molar refractivity (Wildman–Crippen MR) is 64.2 cm³/mol. The maximum Gasteiger partial charge on any atom is 0.219 e. The summed E-state index contributed by atoms with van der Waals surface area (Å²) in [5.41, 5.74) is 11.2. The molecule has 0 heterocycles. The van der Waals surface area contributed by atoms with Gasteiger partial charge in [-0.05, 0) is 28.1 Å². The minimum absolute atomic E-state index is 0.00352. The summed E-state index contributed by atoms with van der Waals surface area (Å²) in [6.45, 7) is 0. The molecule has 0 spiro atoms. The Bertz CT molecular complexity index is 396. The van der Waals surface area contributed by atoms with Gasteiger partial charge < -0.3 is 16.6 Å². The Labute approximate surface area is 104 Å². The number of carbonyl (C=O) groups excluding carboxylic acids is 1. The average Bonchev–Trinajstić information content (AvgIpc) is 2.09. The van der Waals surface area contributed by atoms with Gasteiger partial charge in [0, 0.05) is 22.5 Å². The van der Waals surface area contributed by atoms with E-state index in [1.54, 1.807) is 12.1 Å². The number of halogens is 2. The highest BCUT2D eigenvalue weighted by Gasteiger charge is 2.16. The number of phenolic OH excluding ortho intramolecular Hbond substituents is 1. The van der Waals surface area contributed by atoms with Crippen molar-refractivity contribution in [2.45, 2.75) is 12.5 Å². The van der Waals surface area contributed by atoms with Crippen LogP contribution in [0.5, 0.6) is 5.75 Å². The lowest BCUT2D eigenvalue weighted by Gasteiger charge is -2.13. The number of aromatic hydroxyl groups is 1. The van der Waals surface area contributed by atoms with Gasteiger partial charge in [0.2, 0.25) is 5.91 Å². The molecule has 6 heteroatoms. The van der Waals surface area contributed by atoms with Crippen molar-refractivity contribution in [3.05, 3.63) is 26.6 Å². The molecule has 15 heavy (non-hydrogen) atoms. The number of phenols is 1. The molecular weight excluding hydrogens is 328 g/mol. The maximum atomic E-state index is 10.7. The van der Waals surface area contributed by atoms with Crippen LogP contribution in [0.15, 0.2) is 21.1 Å². The number of benzene rings is 1. The van der Waals surface area contributed by atoms with Crippen LogP contribution in [-0.4, -0.2) is 11.0 Å². The SMILES string of the molecule is NC(=O)CC(N)c1cc(Br)cc(Br)c1O. The monoisotopic (exact) mass is 336 g/mol. The third kappa shape index (κ3) is 3.19. The van der Waals surface area contributed by atoms with E-state index in [-0.39, 0.29) is 12.2 Å². The quantitative estimate of drug-likeness (QED) is 0.785. The Hall–Kier alpha value is -0.590. The van der Waals surface area contributed by atoms with Crippen LogP contribution in [0.25, 0.3) is 0 Å². The highest BCUT2D eigenvalue weighted by molar-refractivity contribution is 9.11. The lowest BCUT2D eigenvalue weighted by atomic mass is 10.0. The summed E-state index contributed by atoms with van der Waals surface area (Å²) in [7, 11) is 0. The molecule has 0 radical (unpaired) electrons. The number of nitrogens with two attached hydrogens (primary N) is 2. The van der Waals surface area contributed by atoms with E-state index in [9.17, 15) is 9.90 Å². The van der Waals surface area contributed by atoms with Gasteiger partial charge in [-0.15, -0.1) is 0 Å². The second kappa shape index (κ2) is 4.96. The summed E-state index contributed by atoms with van der Waals surface area (Å²) in [6, 6.07) is 2.75. The summed E-state index contributed by atoms with van der Waals surface area (Å²) >= 11 is 6.45. The van der Waals surface area contributed by atoms with E-state index in [2.05, 4.69) is 31.9 Å². The van der Waals surface area contributed by atoms with Crippen LogP contribution in [0.3, 0.4) is 0 Å². The van der Waals surface area contributed by atoms with E-state index in [0.717, 1.165) is 4.47 Å². The minimum atomic E-state index is -0.601. The predicted octanol–water partition coefficient (Wildman–Crippen LogP) is 1.79. The van der Waals surface area contributed by atoms with E-state index in [4.69, 9.17) is 11.5 Å². The lowest BCUT2D eigenvalue weighted by molar-refractivity contribution is -0.118. The largest absolute Gasteiger partial charge is 0.506 e. The van der Waals surface area contributed by atoms with Crippen molar-refractivity contribution in [1.82, 2.24) is 0 Å². The van der Waals surface area contributed by atoms with Crippen molar-refractivity contribution in [2.75, 3.05) is 0 Å². The highest BCUT2D eigenvalue weighted by atomic mass is 79.9. The first-order valence-corrected chi connectivity index (χ1v) is 5.72. The summed E-state index contributed by atoms with van der Waals surface area (Å²) in [4.78, 5) is 10.7. The standard InChI is InChI=1S/C9H10Br2N2O2/c10-4-1-5(7(12)3-8(13)14)9(15)6(11)2-4/h1-2,7,15H,3,12H2,(H2,13,14). The first-order chi connectivity index (χ1) is 6.91. The van der Waals surface area contributed by atoms with Crippen LogP contribution in [0.2, 0.25) is 0 Å². The van der Waals surface area contributed by atoms with Crippen LogP contribution < -0.4 is 11.5 Å². The van der Waals surface area contributed by atoms with E-state index < -0.39 is 11.9 Å². The average molecular weight is 338 g/mol. The van der Waals surface area contributed by atoms with Crippen LogP contribution in [0, 0.1) is 0 Å². The molecule has 82 valence electrons. The molecule has 0 aromatic heterocycles. The van der Waals surface area contributed by atoms with Crippen LogP contribution in [-0.2, 0) is 4.79 Å². The Balaban J connectivity index is 3.07. The summed E-state index contributed by atoms with van der Waals surface area (Å²) in [5.74, 6) is -0.468. The molecule has 4 nitrogen and oxygen atoms in total. The topological polar surface area (TPSA) is 89.3 Å². The molecule has 1 rings (SSSR count). The molecule has 0 fully saturated rings. The van der Waals surface area contributed by atoms with Crippen LogP contribution >= 0.6 is 31.9 Å². The second-order valence-corrected chi connectivity index (χ2v) is 4.87. The van der Waals surface area contributed by atoms with Gasteiger partial charge in [0.1, 0.15) is 5.75 Å². The summed E-state index contributed by atoms with van der Waals surface area (Å²) < 4.78 is 1.29. The molecule has 0 saturated heterocycles. The molecule has 1 unspecified atom stereocenters. The fraction of sp³-hybridized carbons (Fsp3) is 0.222. The van der Waals surface area contributed by atoms with Crippen molar-refractivity contribution in [2.24, 2.45) is 11.5 Å². The van der Waals surface area contributed by atoms with Crippen molar-refractivity contribution < 1.29 is 9.90 Å². The van der Waals surface area contributed by atoms with Crippen molar-refractivity contribution in [3.63, 3.8) is 0 Å². The summed E-state index contributed by atoms with van der Waals surface area (Å²) in [5, 5.41) is 9.71. The van der Waals surface area contributed by atoms with Gasteiger partial charge in [0.25, 0.3) is 0 Å². The Morgan fingerprint density at radius 2 is 2.07 bits per heavy atom. The fourth-order valence-electron chi connectivity index (χ4n) is 1.20. The minimum Gasteiger partial charge on any atom is -0.506 e. The van der Waals surface area contributed by atoms with E-state index in [0.29, 0.717) is 10.0 Å². The molecule has 0 aliphatic rings. The normalized spacial score (nSPS) is 12.5. The zero-order chi connectivity index (χ0) is 11.6. The van der Waals surface area contributed by atoms with Crippen molar-refractivity contribution >= 4 is 37.8 Å². The lowest BCUT2D eigenvalue weighted by Crippen LogP contribution is -2.20. The molecule has 1 amide bonds. The zero-order valence-corrected chi connectivity index (χ0v) is 10.9. The van der Waals surface area contributed by atoms with Gasteiger partial charge in [0.15, 0.2) is 0 Å². The van der Waals surface area contributed by atoms with Crippen LogP contribution in [0.4, 0.5) is 0 Å². The number of hydrogen-bond donors (Lipinski definition) is 3. The third-order valence-electron chi connectivity index (χ3n) is 1.88. The molecular formula is C9H10Br2N2O2. The van der Waals surface area contributed by atoms with E-state index >= 15 is 0 Å². The third-order valence-corrected chi connectivity index (χ3v) is 2.94. The number of carbonyl (C=O) groups is 1.